The molecule has 7 nitrogen and oxygen atoms in total. The number of rotatable bonds is 3. The molecule has 2 aromatic heterocycles. The van der Waals surface area contributed by atoms with E-state index in [0.717, 1.165) is 30.6 Å². The molecule has 1 aliphatic carbocycles. The lowest BCUT2D eigenvalue weighted by Gasteiger charge is -2.15. The van der Waals surface area contributed by atoms with E-state index in [1.165, 1.54) is 16.7 Å². The third-order valence-corrected chi connectivity index (χ3v) is 5.56. The molecule has 0 fully saturated rings. The molecule has 0 unspecified atom stereocenters. The van der Waals surface area contributed by atoms with Gasteiger partial charge < -0.3 is 10.1 Å². The maximum atomic E-state index is 12.0. The lowest BCUT2D eigenvalue weighted by Crippen LogP contribution is -2.35. The topological polar surface area (TPSA) is 81.9 Å². The van der Waals surface area contributed by atoms with Crippen molar-refractivity contribution in [2.24, 2.45) is 0 Å². The van der Waals surface area contributed by atoms with Crippen LogP contribution >= 0.6 is 0 Å². The van der Waals surface area contributed by atoms with E-state index in [0.29, 0.717) is 36.0 Å². The van der Waals surface area contributed by atoms with Gasteiger partial charge in [0, 0.05) is 12.7 Å². The van der Waals surface area contributed by atoms with E-state index in [9.17, 15) is 4.79 Å². The number of amides is 1. The van der Waals surface area contributed by atoms with Crippen molar-refractivity contribution >= 4 is 5.91 Å². The minimum absolute atomic E-state index is 0.102. The maximum absolute atomic E-state index is 12.0. The molecule has 5 rings (SSSR count). The Morgan fingerprint density at radius 2 is 2.04 bits per heavy atom. The number of fused-ring (bicyclic) bond motifs is 2. The average Bonchev–Trinajstić information content (AvgIpc) is 3.36. The van der Waals surface area contributed by atoms with Crippen LogP contribution in [-0.4, -0.2) is 39.3 Å². The number of methoxy groups -OCH3 is 1. The van der Waals surface area contributed by atoms with Crippen molar-refractivity contribution in [3.8, 4) is 28.5 Å². The molecule has 7 heteroatoms. The summed E-state index contributed by atoms with van der Waals surface area (Å²) in [6.45, 7) is 3.39. The summed E-state index contributed by atoms with van der Waals surface area (Å²) >= 11 is 0. The number of hydrogen-bond acceptors (Lipinski definition) is 5. The number of carbonyl (C=O) groups is 1. The number of hydrogen-bond donors (Lipinski definition) is 1. The predicted molar refractivity (Wildman–Crippen MR) is 104 cm³/mol. The SMILES string of the molecule is COc1c(-c2nccc(-c3cc4n(n3)CCNC4=O)n2)cc(C)c2c1CCC2. The van der Waals surface area contributed by atoms with Crippen LogP contribution in [0, 0.1) is 6.92 Å². The summed E-state index contributed by atoms with van der Waals surface area (Å²) in [5.74, 6) is 1.39. The molecule has 0 spiro atoms. The largest absolute Gasteiger partial charge is 0.496 e. The van der Waals surface area contributed by atoms with Crippen molar-refractivity contribution in [3.63, 3.8) is 0 Å². The van der Waals surface area contributed by atoms with E-state index in [1.807, 2.05) is 6.07 Å². The van der Waals surface area contributed by atoms with Gasteiger partial charge in [-0.05, 0) is 61.1 Å². The summed E-state index contributed by atoms with van der Waals surface area (Å²) in [5.41, 5.74) is 6.76. The highest BCUT2D eigenvalue weighted by atomic mass is 16.5. The summed E-state index contributed by atoms with van der Waals surface area (Å²) in [5, 5.41) is 7.39. The zero-order chi connectivity index (χ0) is 19.3. The molecule has 1 aliphatic heterocycles. The van der Waals surface area contributed by atoms with Crippen LogP contribution in [0.1, 0.15) is 33.6 Å². The quantitative estimate of drug-likeness (QED) is 0.761. The number of benzene rings is 1. The van der Waals surface area contributed by atoms with Crippen molar-refractivity contribution in [3.05, 3.63) is 46.8 Å². The molecule has 1 amide bonds. The lowest BCUT2D eigenvalue weighted by atomic mass is 9.98. The second-order valence-corrected chi connectivity index (χ2v) is 7.24. The van der Waals surface area contributed by atoms with Gasteiger partial charge in [0.1, 0.15) is 17.1 Å². The Balaban J connectivity index is 1.61. The van der Waals surface area contributed by atoms with Gasteiger partial charge in [-0.1, -0.05) is 0 Å². The molecule has 1 aromatic carbocycles. The molecule has 1 N–H and O–H groups in total. The van der Waals surface area contributed by atoms with Crippen molar-refractivity contribution in [1.82, 2.24) is 25.1 Å². The van der Waals surface area contributed by atoms with Crippen molar-refractivity contribution in [1.29, 1.82) is 0 Å². The second-order valence-electron chi connectivity index (χ2n) is 7.24. The Kier molecular flexibility index (Phi) is 3.89. The number of ether oxygens (including phenoxy) is 1. The van der Waals surface area contributed by atoms with Crippen LogP contribution in [0.4, 0.5) is 0 Å². The number of nitrogens with one attached hydrogen (secondary N) is 1. The van der Waals surface area contributed by atoms with Crippen LogP contribution < -0.4 is 10.1 Å². The summed E-state index contributed by atoms with van der Waals surface area (Å²) in [7, 11) is 1.71. The molecule has 0 bridgehead atoms. The van der Waals surface area contributed by atoms with Crippen molar-refractivity contribution in [2.75, 3.05) is 13.7 Å². The third-order valence-electron chi connectivity index (χ3n) is 5.56. The van der Waals surface area contributed by atoms with Gasteiger partial charge in [0.05, 0.1) is 24.9 Å². The highest BCUT2D eigenvalue weighted by Crippen LogP contribution is 2.40. The molecule has 3 heterocycles. The first-order chi connectivity index (χ1) is 13.7. The van der Waals surface area contributed by atoms with Crippen LogP contribution in [0.5, 0.6) is 5.75 Å². The van der Waals surface area contributed by atoms with E-state index < -0.39 is 0 Å². The van der Waals surface area contributed by atoms with E-state index in [4.69, 9.17) is 9.72 Å². The molecule has 0 atom stereocenters. The minimum Gasteiger partial charge on any atom is -0.496 e. The zero-order valence-electron chi connectivity index (χ0n) is 16.0. The minimum atomic E-state index is -0.102. The standard InChI is InChI=1S/C21H21N5O2/c1-12-10-15(19(28-2)14-5-3-4-13(12)14)20-22-7-6-16(24-20)17-11-18-21(27)23-8-9-26(18)25-17/h6-7,10-11H,3-5,8-9H2,1-2H3,(H,23,27). The monoisotopic (exact) mass is 375 g/mol. The molecular formula is C21H21N5O2. The average molecular weight is 375 g/mol. The van der Waals surface area contributed by atoms with Gasteiger partial charge in [-0.25, -0.2) is 9.97 Å². The van der Waals surface area contributed by atoms with E-state index in [1.54, 1.807) is 24.1 Å². The Labute approximate surface area is 162 Å². The van der Waals surface area contributed by atoms with Gasteiger partial charge in [0.15, 0.2) is 5.82 Å². The predicted octanol–water partition coefficient (Wildman–Crippen LogP) is 2.56. The van der Waals surface area contributed by atoms with Crippen LogP contribution in [-0.2, 0) is 19.4 Å². The Hall–Kier alpha value is -3.22. The van der Waals surface area contributed by atoms with Crippen LogP contribution in [0.15, 0.2) is 24.4 Å². The van der Waals surface area contributed by atoms with Gasteiger partial charge in [-0.15, -0.1) is 0 Å². The summed E-state index contributed by atoms with van der Waals surface area (Å²) in [4.78, 5) is 21.3. The summed E-state index contributed by atoms with van der Waals surface area (Å²) < 4.78 is 7.50. The Bertz CT molecular complexity index is 1100. The number of aromatic nitrogens is 4. The molecule has 3 aromatic rings. The van der Waals surface area contributed by atoms with Gasteiger partial charge in [0.2, 0.25) is 0 Å². The van der Waals surface area contributed by atoms with Crippen LogP contribution in [0.2, 0.25) is 0 Å². The van der Waals surface area contributed by atoms with Crippen molar-refractivity contribution in [2.45, 2.75) is 32.7 Å². The second kappa shape index (κ2) is 6.44. The highest BCUT2D eigenvalue weighted by molar-refractivity contribution is 5.94. The third kappa shape index (κ3) is 2.58. The van der Waals surface area contributed by atoms with Gasteiger partial charge in [-0.3, -0.25) is 9.48 Å². The summed E-state index contributed by atoms with van der Waals surface area (Å²) in [6.07, 6.45) is 5.01. The molecule has 0 saturated carbocycles. The van der Waals surface area contributed by atoms with E-state index in [2.05, 4.69) is 28.4 Å². The molecule has 142 valence electrons. The zero-order valence-corrected chi connectivity index (χ0v) is 16.0. The summed E-state index contributed by atoms with van der Waals surface area (Å²) in [6, 6.07) is 5.72. The van der Waals surface area contributed by atoms with Crippen LogP contribution in [0.25, 0.3) is 22.8 Å². The van der Waals surface area contributed by atoms with Crippen molar-refractivity contribution < 1.29 is 9.53 Å². The van der Waals surface area contributed by atoms with Crippen LogP contribution in [0.3, 0.4) is 0 Å². The first-order valence-corrected chi connectivity index (χ1v) is 9.55. The fourth-order valence-corrected chi connectivity index (χ4v) is 4.25. The van der Waals surface area contributed by atoms with Gasteiger partial charge >= 0.3 is 0 Å². The molecule has 28 heavy (non-hydrogen) atoms. The Morgan fingerprint density at radius 3 is 2.86 bits per heavy atom. The first kappa shape index (κ1) is 16.9. The smallest absolute Gasteiger partial charge is 0.269 e. The number of carbonyl (C=O) groups excluding carboxylic acids is 1. The van der Waals surface area contributed by atoms with Gasteiger partial charge in [0.25, 0.3) is 5.91 Å². The fraction of sp³-hybridized carbons (Fsp3) is 0.333. The first-order valence-electron chi connectivity index (χ1n) is 9.55. The normalized spacial score (nSPS) is 15.1. The molecule has 0 radical (unpaired) electrons. The maximum Gasteiger partial charge on any atom is 0.269 e. The number of nitrogens with zero attached hydrogens (tertiary/aromatic N) is 4. The van der Waals surface area contributed by atoms with E-state index >= 15 is 0 Å². The highest BCUT2D eigenvalue weighted by Gasteiger charge is 2.24. The molecule has 2 aliphatic rings. The lowest BCUT2D eigenvalue weighted by molar-refractivity contribution is 0.0924. The molecule has 0 saturated heterocycles. The fourth-order valence-electron chi connectivity index (χ4n) is 4.25. The molecular weight excluding hydrogens is 354 g/mol. The van der Waals surface area contributed by atoms with Gasteiger partial charge in [-0.2, -0.15) is 5.10 Å². The Morgan fingerprint density at radius 1 is 1.18 bits per heavy atom. The van der Waals surface area contributed by atoms with E-state index in [-0.39, 0.29) is 5.91 Å². The number of aryl methyl sites for hydroxylation is 1.